The van der Waals surface area contributed by atoms with E-state index < -0.39 is 0 Å². The normalized spacial score (nSPS) is 16.8. The van der Waals surface area contributed by atoms with Gasteiger partial charge in [0.2, 0.25) is 0 Å². The number of nitrogens with one attached hydrogen (secondary N) is 1. The molecule has 0 aromatic heterocycles. The summed E-state index contributed by atoms with van der Waals surface area (Å²) in [5.41, 5.74) is 5.98. The summed E-state index contributed by atoms with van der Waals surface area (Å²) in [6.07, 6.45) is 2.35. The lowest BCUT2D eigenvalue weighted by Gasteiger charge is -2.25. The standard InChI is InChI=1S/C8H20N2.H2/c1-4-8(2,7-9)5-6-10-3;/h10H,4-7,9H2,1-3H3;1H. The summed E-state index contributed by atoms with van der Waals surface area (Å²) in [6.45, 7) is 6.31. The zero-order valence-corrected chi connectivity index (χ0v) is 7.41. The molecule has 64 valence electrons. The van der Waals surface area contributed by atoms with Gasteiger partial charge in [0.25, 0.3) is 0 Å². The number of nitrogens with two attached hydrogens (primary N) is 1. The molecule has 0 heterocycles. The van der Waals surface area contributed by atoms with Gasteiger partial charge in [-0.3, -0.25) is 0 Å². The lowest BCUT2D eigenvalue weighted by atomic mass is 9.84. The van der Waals surface area contributed by atoms with Crippen LogP contribution in [0.4, 0.5) is 0 Å². The fourth-order valence-electron chi connectivity index (χ4n) is 0.850. The SMILES string of the molecule is CCC(C)(CN)CCNC.[HH]. The highest BCUT2D eigenvalue weighted by Crippen LogP contribution is 2.22. The molecular formula is C8H22N2. The Hall–Kier alpha value is -0.0800. The number of rotatable bonds is 5. The lowest BCUT2D eigenvalue weighted by Crippen LogP contribution is -2.29. The Morgan fingerprint density at radius 1 is 1.60 bits per heavy atom. The van der Waals surface area contributed by atoms with Crippen molar-refractivity contribution >= 4 is 0 Å². The highest BCUT2D eigenvalue weighted by molar-refractivity contribution is 4.73. The Balaban J connectivity index is 0. The van der Waals surface area contributed by atoms with E-state index in [0.29, 0.717) is 5.41 Å². The van der Waals surface area contributed by atoms with Crippen LogP contribution in [0.25, 0.3) is 0 Å². The largest absolute Gasteiger partial charge is 0.330 e. The molecule has 2 heteroatoms. The van der Waals surface area contributed by atoms with Crippen LogP contribution in [-0.4, -0.2) is 20.1 Å². The van der Waals surface area contributed by atoms with Crippen LogP contribution in [0, 0.1) is 5.41 Å². The molecule has 1 unspecified atom stereocenters. The van der Waals surface area contributed by atoms with Crippen LogP contribution in [0.1, 0.15) is 28.1 Å². The van der Waals surface area contributed by atoms with Gasteiger partial charge in [-0.1, -0.05) is 13.8 Å². The summed E-state index contributed by atoms with van der Waals surface area (Å²) < 4.78 is 0. The van der Waals surface area contributed by atoms with E-state index in [2.05, 4.69) is 19.2 Å². The van der Waals surface area contributed by atoms with Crippen LogP contribution in [0.15, 0.2) is 0 Å². The van der Waals surface area contributed by atoms with Crippen LogP contribution in [0.3, 0.4) is 0 Å². The first-order chi connectivity index (χ1) is 4.68. The predicted octanol–water partition coefficient (Wildman–Crippen LogP) is 1.22. The second-order valence-corrected chi connectivity index (χ2v) is 3.22. The molecule has 0 aliphatic rings. The van der Waals surface area contributed by atoms with Crippen molar-refractivity contribution in [3.05, 3.63) is 0 Å². The smallest absolute Gasteiger partial charge is 0 e. The maximum Gasteiger partial charge on any atom is 0 e. The van der Waals surface area contributed by atoms with Crippen LogP contribution in [0.5, 0.6) is 0 Å². The van der Waals surface area contributed by atoms with Crippen molar-refractivity contribution in [3.8, 4) is 0 Å². The van der Waals surface area contributed by atoms with E-state index in [1.807, 2.05) is 7.05 Å². The Morgan fingerprint density at radius 2 is 2.20 bits per heavy atom. The molecular weight excluding hydrogens is 124 g/mol. The van der Waals surface area contributed by atoms with Crippen molar-refractivity contribution in [1.29, 1.82) is 0 Å². The highest BCUT2D eigenvalue weighted by Gasteiger charge is 2.18. The van der Waals surface area contributed by atoms with Gasteiger partial charge < -0.3 is 11.1 Å². The first kappa shape index (κ1) is 9.92. The van der Waals surface area contributed by atoms with Crippen molar-refractivity contribution in [2.75, 3.05) is 20.1 Å². The van der Waals surface area contributed by atoms with Gasteiger partial charge in [0.15, 0.2) is 0 Å². The van der Waals surface area contributed by atoms with Gasteiger partial charge in [-0.25, -0.2) is 0 Å². The van der Waals surface area contributed by atoms with Crippen LogP contribution >= 0.6 is 0 Å². The van der Waals surface area contributed by atoms with Crippen molar-refractivity contribution in [2.45, 2.75) is 26.7 Å². The second-order valence-electron chi connectivity index (χ2n) is 3.22. The van der Waals surface area contributed by atoms with E-state index in [1.54, 1.807) is 0 Å². The average Bonchev–Trinajstić information content (AvgIpc) is 2.00. The highest BCUT2D eigenvalue weighted by atomic mass is 14.8. The predicted molar refractivity (Wildman–Crippen MR) is 48.1 cm³/mol. The molecule has 0 fully saturated rings. The Labute approximate surface area is 65.7 Å². The molecule has 0 aromatic rings. The van der Waals surface area contributed by atoms with E-state index in [-0.39, 0.29) is 1.43 Å². The summed E-state index contributed by atoms with van der Waals surface area (Å²) in [7, 11) is 1.98. The summed E-state index contributed by atoms with van der Waals surface area (Å²) in [6, 6.07) is 0. The maximum absolute atomic E-state index is 5.63. The molecule has 0 saturated carbocycles. The van der Waals surface area contributed by atoms with Gasteiger partial charge in [0.1, 0.15) is 0 Å². The minimum absolute atomic E-state index is 0. The van der Waals surface area contributed by atoms with E-state index >= 15 is 0 Å². The molecule has 0 saturated heterocycles. The molecule has 0 amide bonds. The molecule has 0 aliphatic carbocycles. The minimum Gasteiger partial charge on any atom is -0.330 e. The van der Waals surface area contributed by atoms with E-state index in [0.717, 1.165) is 13.1 Å². The Kier molecular flexibility index (Phi) is 4.65. The zero-order chi connectivity index (χ0) is 8.04. The van der Waals surface area contributed by atoms with Crippen molar-refractivity contribution < 1.29 is 1.43 Å². The summed E-state index contributed by atoms with van der Waals surface area (Å²) in [5.74, 6) is 0. The van der Waals surface area contributed by atoms with E-state index in [9.17, 15) is 0 Å². The van der Waals surface area contributed by atoms with Gasteiger partial charge in [-0.05, 0) is 38.4 Å². The summed E-state index contributed by atoms with van der Waals surface area (Å²) in [5, 5.41) is 3.14. The average molecular weight is 146 g/mol. The molecule has 10 heavy (non-hydrogen) atoms. The first-order valence-electron chi connectivity index (χ1n) is 4.03. The Bertz CT molecular complexity index is 82.2. The summed E-state index contributed by atoms with van der Waals surface area (Å²) >= 11 is 0. The van der Waals surface area contributed by atoms with Crippen LogP contribution < -0.4 is 11.1 Å². The molecule has 0 spiro atoms. The van der Waals surface area contributed by atoms with Crippen molar-refractivity contribution in [2.24, 2.45) is 11.1 Å². The summed E-state index contributed by atoms with van der Waals surface area (Å²) in [4.78, 5) is 0. The molecule has 0 rings (SSSR count). The van der Waals surface area contributed by atoms with Crippen molar-refractivity contribution in [1.82, 2.24) is 5.32 Å². The first-order valence-corrected chi connectivity index (χ1v) is 4.03. The van der Waals surface area contributed by atoms with Gasteiger partial charge in [-0.2, -0.15) is 0 Å². The lowest BCUT2D eigenvalue weighted by molar-refractivity contribution is 0.294. The van der Waals surface area contributed by atoms with Gasteiger partial charge in [0, 0.05) is 1.43 Å². The number of hydrogen-bond acceptors (Lipinski definition) is 2. The van der Waals surface area contributed by atoms with Gasteiger partial charge in [0.05, 0.1) is 0 Å². The van der Waals surface area contributed by atoms with Crippen LogP contribution in [0.2, 0.25) is 0 Å². The minimum atomic E-state index is 0. The molecule has 2 nitrogen and oxygen atoms in total. The fourth-order valence-corrected chi connectivity index (χ4v) is 0.850. The van der Waals surface area contributed by atoms with Crippen molar-refractivity contribution in [3.63, 3.8) is 0 Å². The van der Waals surface area contributed by atoms with E-state index in [4.69, 9.17) is 5.73 Å². The third-order valence-electron chi connectivity index (χ3n) is 2.32. The van der Waals surface area contributed by atoms with Gasteiger partial charge in [-0.15, -0.1) is 0 Å². The zero-order valence-electron chi connectivity index (χ0n) is 7.41. The maximum atomic E-state index is 5.63. The third kappa shape index (κ3) is 3.18. The number of hydrogen-bond donors (Lipinski definition) is 2. The molecule has 1 atom stereocenters. The molecule has 0 aliphatic heterocycles. The molecule has 0 bridgehead atoms. The fraction of sp³-hybridized carbons (Fsp3) is 1.00. The second kappa shape index (κ2) is 4.69. The quantitative estimate of drug-likeness (QED) is 0.612. The topological polar surface area (TPSA) is 38.0 Å². The Morgan fingerprint density at radius 3 is 2.50 bits per heavy atom. The molecule has 0 aromatic carbocycles. The van der Waals surface area contributed by atoms with Crippen LogP contribution in [-0.2, 0) is 0 Å². The third-order valence-corrected chi connectivity index (χ3v) is 2.32. The monoisotopic (exact) mass is 146 g/mol. The molecule has 3 N–H and O–H groups in total. The van der Waals surface area contributed by atoms with Gasteiger partial charge >= 0.3 is 0 Å². The molecule has 0 radical (unpaired) electrons. The van der Waals surface area contributed by atoms with E-state index in [1.165, 1.54) is 12.8 Å².